The summed E-state index contributed by atoms with van der Waals surface area (Å²) in [5.74, 6) is -3.62. The average Bonchev–Trinajstić information content (AvgIpc) is 2.34. The van der Waals surface area contributed by atoms with Crippen LogP contribution in [0.3, 0.4) is 0 Å². The molecule has 0 heterocycles. The van der Waals surface area contributed by atoms with Crippen LogP contribution in [-0.2, 0) is 23.9 Å². The fourth-order valence-corrected chi connectivity index (χ4v) is 1.57. The molecular weight excluding hydrogens is 280 g/mol. The van der Waals surface area contributed by atoms with Crippen molar-refractivity contribution in [2.45, 2.75) is 64.6 Å². The summed E-state index contributed by atoms with van der Waals surface area (Å²) >= 11 is 0. The molecule has 1 atom stereocenters. The van der Waals surface area contributed by atoms with Gasteiger partial charge < -0.3 is 19.7 Å². The second kappa shape index (κ2) is 7.97. The summed E-state index contributed by atoms with van der Waals surface area (Å²) in [7, 11) is 0. The molecule has 0 bridgehead atoms. The van der Waals surface area contributed by atoms with Gasteiger partial charge in [0, 0.05) is 6.61 Å². The van der Waals surface area contributed by atoms with Crippen molar-refractivity contribution in [3.8, 4) is 0 Å². The molecule has 0 radical (unpaired) electrons. The zero-order chi connectivity index (χ0) is 16.7. The van der Waals surface area contributed by atoms with Gasteiger partial charge in [0.05, 0.1) is 12.8 Å². The summed E-state index contributed by atoms with van der Waals surface area (Å²) < 4.78 is 10.4. The van der Waals surface area contributed by atoms with Gasteiger partial charge in [-0.1, -0.05) is 13.8 Å². The minimum absolute atomic E-state index is 0.0457. The summed E-state index contributed by atoms with van der Waals surface area (Å²) in [6.07, 6.45) is -0.389. The molecule has 0 spiro atoms. The Morgan fingerprint density at radius 3 is 2.00 bits per heavy atom. The number of carbonyl (C=O) groups is 3. The summed E-state index contributed by atoms with van der Waals surface area (Å²) in [6, 6.07) is 0. The van der Waals surface area contributed by atoms with E-state index in [-0.39, 0.29) is 6.61 Å². The van der Waals surface area contributed by atoms with E-state index in [4.69, 9.17) is 14.6 Å². The highest BCUT2D eigenvalue weighted by molar-refractivity contribution is 5.89. The topological polar surface area (TPSA) is 110 Å². The Balaban J connectivity index is 5.15. The van der Waals surface area contributed by atoms with E-state index in [1.165, 1.54) is 0 Å². The second-order valence-corrected chi connectivity index (χ2v) is 5.48. The number of aliphatic carboxylic acids is 2. The smallest absolute Gasteiger partial charge is 0.337 e. The number of carbonyl (C=O) groups excluding carboxylic acids is 1. The molecule has 7 heteroatoms. The highest BCUT2D eigenvalue weighted by Gasteiger charge is 2.45. The predicted octanol–water partition coefficient (Wildman–Crippen LogP) is 1.83. The monoisotopic (exact) mass is 304 g/mol. The maximum absolute atomic E-state index is 11.9. The van der Waals surface area contributed by atoms with E-state index in [0.29, 0.717) is 12.8 Å². The summed E-state index contributed by atoms with van der Waals surface area (Å²) in [5, 5.41) is 18.2. The van der Waals surface area contributed by atoms with Gasteiger partial charge in [-0.3, -0.25) is 9.59 Å². The minimum Gasteiger partial charge on any atom is -0.481 e. The van der Waals surface area contributed by atoms with Crippen molar-refractivity contribution in [3.05, 3.63) is 0 Å². The Kier molecular flexibility index (Phi) is 7.35. The van der Waals surface area contributed by atoms with Crippen LogP contribution in [0.25, 0.3) is 0 Å². The Labute approximate surface area is 124 Å². The number of rotatable bonds is 10. The molecule has 0 aliphatic heterocycles. The van der Waals surface area contributed by atoms with Gasteiger partial charge in [-0.05, 0) is 26.7 Å². The first-order valence-electron chi connectivity index (χ1n) is 6.89. The molecule has 0 rings (SSSR count). The van der Waals surface area contributed by atoms with Gasteiger partial charge in [0.2, 0.25) is 0 Å². The van der Waals surface area contributed by atoms with Crippen molar-refractivity contribution in [1.29, 1.82) is 0 Å². The van der Waals surface area contributed by atoms with Crippen LogP contribution >= 0.6 is 0 Å². The van der Waals surface area contributed by atoms with Gasteiger partial charge in [0.1, 0.15) is 5.60 Å². The molecule has 7 nitrogen and oxygen atoms in total. The largest absolute Gasteiger partial charge is 0.481 e. The maximum Gasteiger partial charge on any atom is 0.337 e. The third-order valence-electron chi connectivity index (χ3n) is 3.08. The molecule has 0 aromatic rings. The van der Waals surface area contributed by atoms with Gasteiger partial charge in [-0.25, -0.2) is 4.79 Å². The second-order valence-electron chi connectivity index (χ2n) is 5.48. The molecule has 2 N–H and O–H groups in total. The van der Waals surface area contributed by atoms with Crippen LogP contribution in [0.5, 0.6) is 0 Å². The fourth-order valence-electron chi connectivity index (χ4n) is 1.57. The lowest BCUT2D eigenvalue weighted by atomic mass is 9.95. The van der Waals surface area contributed by atoms with Crippen LogP contribution < -0.4 is 0 Å². The van der Waals surface area contributed by atoms with Crippen molar-refractivity contribution in [2.24, 2.45) is 0 Å². The lowest BCUT2D eigenvalue weighted by molar-refractivity contribution is -0.183. The van der Waals surface area contributed by atoms with Crippen LogP contribution in [0.2, 0.25) is 0 Å². The van der Waals surface area contributed by atoms with Gasteiger partial charge >= 0.3 is 17.9 Å². The van der Waals surface area contributed by atoms with E-state index < -0.39 is 42.0 Å². The summed E-state index contributed by atoms with van der Waals surface area (Å²) in [5.41, 5.74) is -2.84. The molecule has 0 aliphatic rings. The van der Waals surface area contributed by atoms with Crippen LogP contribution in [-0.4, -0.2) is 45.9 Å². The average molecular weight is 304 g/mol. The molecular formula is C14H24O7. The summed E-state index contributed by atoms with van der Waals surface area (Å²) in [6.45, 7) is 7.01. The van der Waals surface area contributed by atoms with Crippen molar-refractivity contribution in [1.82, 2.24) is 0 Å². The number of esters is 1. The van der Waals surface area contributed by atoms with E-state index in [1.54, 1.807) is 20.8 Å². The van der Waals surface area contributed by atoms with E-state index >= 15 is 0 Å². The molecule has 0 fully saturated rings. The Morgan fingerprint density at radius 2 is 1.62 bits per heavy atom. The first-order valence-corrected chi connectivity index (χ1v) is 6.89. The highest BCUT2D eigenvalue weighted by Crippen LogP contribution is 2.25. The number of hydrogen-bond donors (Lipinski definition) is 2. The van der Waals surface area contributed by atoms with Gasteiger partial charge in [0.15, 0.2) is 5.60 Å². The van der Waals surface area contributed by atoms with Crippen molar-refractivity contribution in [2.75, 3.05) is 6.61 Å². The van der Waals surface area contributed by atoms with Gasteiger partial charge in [-0.15, -0.1) is 0 Å². The molecule has 0 aromatic heterocycles. The molecule has 122 valence electrons. The molecule has 0 aliphatic carbocycles. The van der Waals surface area contributed by atoms with E-state index in [2.05, 4.69) is 0 Å². The normalized spacial score (nSPS) is 14.3. The van der Waals surface area contributed by atoms with Gasteiger partial charge in [-0.2, -0.15) is 0 Å². The van der Waals surface area contributed by atoms with Crippen LogP contribution in [0.1, 0.15) is 53.4 Å². The predicted molar refractivity (Wildman–Crippen MR) is 73.9 cm³/mol. The standard InChI is InChI=1S/C14H24O7/c1-5-7-20-14(12(18)19,8-10(15)16)9-11(17)21-13(3,4)6-2/h5-9H2,1-4H3,(H,15,16)(H,18,19). The number of hydrogen-bond acceptors (Lipinski definition) is 5. The zero-order valence-electron chi connectivity index (χ0n) is 13.0. The lowest BCUT2D eigenvalue weighted by Crippen LogP contribution is -2.47. The third-order valence-corrected chi connectivity index (χ3v) is 3.08. The SMILES string of the molecule is CCCOC(CC(=O)O)(CC(=O)OC(C)(C)CC)C(=O)O. The Hall–Kier alpha value is -1.63. The molecule has 1 unspecified atom stereocenters. The lowest BCUT2D eigenvalue weighted by Gasteiger charge is -2.30. The molecule has 0 amide bonds. The quantitative estimate of drug-likeness (QED) is 0.592. The Bertz CT molecular complexity index is 389. The van der Waals surface area contributed by atoms with Crippen molar-refractivity contribution >= 4 is 17.9 Å². The van der Waals surface area contributed by atoms with Gasteiger partial charge in [0.25, 0.3) is 0 Å². The van der Waals surface area contributed by atoms with Crippen LogP contribution in [0.4, 0.5) is 0 Å². The summed E-state index contributed by atoms with van der Waals surface area (Å²) in [4.78, 5) is 34.3. The number of ether oxygens (including phenoxy) is 2. The number of carboxylic acid groups (broad SMARTS) is 2. The maximum atomic E-state index is 11.9. The Morgan fingerprint density at radius 1 is 1.05 bits per heavy atom. The molecule has 0 aromatic carbocycles. The first-order chi connectivity index (χ1) is 9.58. The molecule has 0 saturated carbocycles. The molecule has 0 saturated heterocycles. The molecule has 21 heavy (non-hydrogen) atoms. The van der Waals surface area contributed by atoms with Crippen molar-refractivity contribution < 1.29 is 34.1 Å². The van der Waals surface area contributed by atoms with Crippen LogP contribution in [0.15, 0.2) is 0 Å². The first kappa shape index (κ1) is 19.4. The van der Waals surface area contributed by atoms with Crippen molar-refractivity contribution in [3.63, 3.8) is 0 Å². The van der Waals surface area contributed by atoms with Crippen LogP contribution in [0, 0.1) is 0 Å². The van der Waals surface area contributed by atoms with E-state index in [1.807, 2.05) is 6.92 Å². The zero-order valence-corrected chi connectivity index (χ0v) is 13.0. The van der Waals surface area contributed by atoms with E-state index in [0.717, 1.165) is 0 Å². The fraction of sp³-hybridized carbons (Fsp3) is 0.786. The highest BCUT2D eigenvalue weighted by atomic mass is 16.6. The third kappa shape index (κ3) is 6.57. The van der Waals surface area contributed by atoms with E-state index in [9.17, 15) is 19.5 Å². The number of carboxylic acids is 2. The minimum atomic E-state index is -2.09.